The molecule has 0 aliphatic carbocycles. The summed E-state index contributed by atoms with van der Waals surface area (Å²) in [4.78, 5) is 12.1. The van der Waals surface area contributed by atoms with Crippen LogP contribution >= 0.6 is 0 Å². The van der Waals surface area contributed by atoms with Crippen molar-refractivity contribution in [3.8, 4) is 5.75 Å². The summed E-state index contributed by atoms with van der Waals surface area (Å²) >= 11 is 0. The van der Waals surface area contributed by atoms with Crippen LogP contribution in [0, 0.1) is 29.1 Å². The lowest BCUT2D eigenvalue weighted by molar-refractivity contribution is 0.279. The van der Waals surface area contributed by atoms with Crippen LogP contribution in [0.3, 0.4) is 0 Å². The van der Waals surface area contributed by atoms with Crippen LogP contribution in [-0.4, -0.2) is 5.48 Å². The van der Waals surface area contributed by atoms with Gasteiger partial charge in [0.15, 0.2) is 23.3 Å². The minimum atomic E-state index is -2.24. The molecule has 0 aliphatic heterocycles. The molecule has 0 fully saturated rings. The van der Waals surface area contributed by atoms with Crippen molar-refractivity contribution < 1.29 is 36.6 Å². The Morgan fingerprint density at radius 3 is 2.00 bits per heavy atom. The Hall–Kier alpha value is -3.46. The van der Waals surface area contributed by atoms with E-state index in [-0.39, 0.29) is 16.8 Å². The van der Waals surface area contributed by atoms with Crippen LogP contribution < -0.4 is 10.4 Å². The molecule has 4 aromatic rings. The van der Waals surface area contributed by atoms with E-state index in [1.54, 1.807) is 30.3 Å². The Morgan fingerprint density at radius 2 is 1.34 bits per heavy atom. The van der Waals surface area contributed by atoms with Gasteiger partial charge in [0.2, 0.25) is 5.82 Å². The van der Waals surface area contributed by atoms with Gasteiger partial charge in [-0.15, -0.1) is 0 Å². The molecule has 4 rings (SSSR count). The monoisotopic (exact) mass is 410 g/mol. The van der Waals surface area contributed by atoms with Gasteiger partial charge in [0.25, 0.3) is 0 Å². The van der Waals surface area contributed by atoms with Crippen LogP contribution in [-0.2, 0) is 6.61 Å². The summed E-state index contributed by atoms with van der Waals surface area (Å²) in [5.41, 5.74) is -1.53. The normalized spacial score (nSPS) is 10.9. The second kappa shape index (κ2) is 7.51. The highest BCUT2D eigenvalue weighted by Gasteiger charge is 2.26. The summed E-state index contributed by atoms with van der Waals surface area (Å²) in [5, 5.41) is 1.61. The van der Waals surface area contributed by atoms with E-state index in [0.29, 0.717) is 16.2 Å². The first-order chi connectivity index (χ1) is 13.4. The third kappa shape index (κ3) is 3.29. The van der Waals surface area contributed by atoms with Crippen LogP contribution in [0.1, 0.15) is 5.56 Å². The molecular formula is C20H11F5O4. The van der Waals surface area contributed by atoms with Gasteiger partial charge in [-0.1, -0.05) is 18.2 Å². The van der Waals surface area contributed by atoms with E-state index < -0.39 is 46.9 Å². The molecule has 3 aromatic carbocycles. The van der Waals surface area contributed by atoms with Gasteiger partial charge in [0.05, 0.1) is 10.9 Å². The van der Waals surface area contributed by atoms with E-state index >= 15 is 0 Å². The van der Waals surface area contributed by atoms with Crippen molar-refractivity contribution in [2.75, 3.05) is 0 Å². The van der Waals surface area contributed by atoms with Gasteiger partial charge in [-0.05, 0) is 23.6 Å². The fourth-order valence-electron chi connectivity index (χ4n) is 2.88. The summed E-state index contributed by atoms with van der Waals surface area (Å²) < 4.78 is 77.4. The number of ether oxygens (including phenoxy) is 1. The predicted molar refractivity (Wildman–Crippen MR) is 94.2 cm³/mol. The van der Waals surface area contributed by atoms with E-state index in [1.807, 2.05) is 0 Å². The summed E-state index contributed by atoms with van der Waals surface area (Å²) in [7, 11) is 0. The average Bonchev–Trinajstić information content (AvgIpc) is 2.71. The van der Waals surface area contributed by atoms with Crippen LogP contribution in [0.25, 0.3) is 21.7 Å². The first-order valence-electron chi connectivity index (χ1n) is 7.97. The smallest absolute Gasteiger partial charge is 0.344 e. The molecule has 0 spiro atoms. The molecule has 0 atom stereocenters. The summed E-state index contributed by atoms with van der Waals surface area (Å²) in [6, 6.07) is 11.1. The fourth-order valence-corrected chi connectivity index (χ4v) is 2.88. The second-order valence-corrected chi connectivity index (χ2v) is 5.93. The Morgan fingerprint density at radius 1 is 0.759 bits per heavy atom. The molecule has 29 heavy (non-hydrogen) atoms. The van der Waals surface area contributed by atoms with Gasteiger partial charge >= 0.3 is 5.63 Å². The lowest BCUT2D eigenvalue weighted by Gasteiger charge is -2.11. The van der Waals surface area contributed by atoms with Crippen LogP contribution in [0.5, 0.6) is 5.75 Å². The van der Waals surface area contributed by atoms with Crippen molar-refractivity contribution in [3.63, 3.8) is 0 Å². The molecule has 9 heteroatoms. The van der Waals surface area contributed by atoms with E-state index in [2.05, 4.69) is 0 Å². The maximum absolute atomic E-state index is 13.7. The Kier molecular flexibility index (Phi) is 5.25. The predicted octanol–water partition coefficient (Wildman–Crippen LogP) is 4.40. The quantitative estimate of drug-likeness (QED) is 0.165. The molecule has 0 saturated carbocycles. The fraction of sp³-hybridized carbons (Fsp3) is 0.0500. The third-order valence-corrected chi connectivity index (χ3v) is 4.28. The Balaban J connectivity index is 0.00000240. The van der Waals surface area contributed by atoms with Crippen molar-refractivity contribution >= 4 is 21.7 Å². The molecule has 0 bridgehead atoms. The number of benzene rings is 3. The zero-order valence-corrected chi connectivity index (χ0v) is 14.4. The summed E-state index contributed by atoms with van der Waals surface area (Å²) in [6.45, 7) is -0.908. The van der Waals surface area contributed by atoms with Crippen molar-refractivity contribution in [1.29, 1.82) is 0 Å². The van der Waals surface area contributed by atoms with E-state index in [9.17, 15) is 26.7 Å². The number of rotatable bonds is 3. The highest BCUT2D eigenvalue weighted by molar-refractivity contribution is 6.04. The maximum Gasteiger partial charge on any atom is 0.344 e. The van der Waals surface area contributed by atoms with E-state index in [0.717, 1.165) is 0 Å². The summed E-state index contributed by atoms with van der Waals surface area (Å²) in [6.07, 6.45) is 0. The number of halogens is 5. The molecular weight excluding hydrogens is 399 g/mol. The number of hydrogen-bond donors (Lipinski definition) is 0. The second-order valence-electron chi connectivity index (χ2n) is 5.93. The van der Waals surface area contributed by atoms with Gasteiger partial charge in [-0.3, -0.25) is 0 Å². The van der Waals surface area contributed by atoms with E-state index in [1.165, 1.54) is 12.1 Å². The van der Waals surface area contributed by atoms with Gasteiger partial charge in [0, 0.05) is 11.5 Å². The van der Waals surface area contributed by atoms with Crippen LogP contribution in [0.2, 0.25) is 0 Å². The number of hydrogen-bond acceptors (Lipinski definition) is 3. The molecule has 0 amide bonds. The zero-order valence-electron chi connectivity index (χ0n) is 14.4. The molecule has 4 nitrogen and oxygen atoms in total. The van der Waals surface area contributed by atoms with Crippen molar-refractivity contribution in [2.45, 2.75) is 6.61 Å². The summed E-state index contributed by atoms with van der Waals surface area (Å²) in [5.74, 6) is -10.2. The first-order valence-corrected chi connectivity index (χ1v) is 7.97. The Bertz CT molecular complexity index is 1270. The molecule has 0 radical (unpaired) electrons. The Labute approximate surface area is 159 Å². The topological polar surface area (TPSA) is 70.9 Å². The average molecular weight is 410 g/mol. The number of fused-ring (bicyclic) bond motifs is 3. The first kappa shape index (κ1) is 20.3. The zero-order chi connectivity index (χ0) is 20.0. The minimum absolute atomic E-state index is 0. The third-order valence-electron chi connectivity index (χ3n) is 4.28. The molecule has 0 unspecified atom stereocenters. The largest absolute Gasteiger partial charge is 0.489 e. The molecule has 1 heterocycles. The highest BCUT2D eigenvalue weighted by atomic mass is 19.2. The van der Waals surface area contributed by atoms with Crippen molar-refractivity contribution in [1.82, 2.24) is 0 Å². The molecule has 0 aliphatic rings. The van der Waals surface area contributed by atoms with Gasteiger partial charge in [0.1, 0.15) is 17.9 Å². The standard InChI is InChI=1S/C20H9F5O3.H2O/c21-15-13(16(22)18(24)19(25)17(15)23)8-27-9-5-6-11-10-3-1-2-4-12(10)20(26)28-14(11)7-9;/h1-7H,8H2;1H2. The van der Waals surface area contributed by atoms with E-state index in [4.69, 9.17) is 9.15 Å². The molecule has 2 N–H and O–H groups in total. The minimum Gasteiger partial charge on any atom is -0.489 e. The van der Waals surface area contributed by atoms with Gasteiger partial charge < -0.3 is 14.6 Å². The lowest BCUT2D eigenvalue weighted by Crippen LogP contribution is -2.09. The molecule has 150 valence electrons. The SMILES string of the molecule is O.O=c1oc2cc(OCc3c(F)c(F)c(F)c(F)c3F)ccc2c2ccccc12. The van der Waals surface area contributed by atoms with Crippen molar-refractivity contribution in [2.24, 2.45) is 0 Å². The molecule has 0 saturated heterocycles. The molecule has 1 aromatic heterocycles. The van der Waals surface area contributed by atoms with Gasteiger partial charge in [-0.2, -0.15) is 0 Å². The van der Waals surface area contributed by atoms with Crippen LogP contribution in [0.15, 0.2) is 51.7 Å². The van der Waals surface area contributed by atoms with Crippen LogP contribution in [0.4, 0.5) is 22.0 Å². The lowest BCUT2D eigenvalue weighted by atomic mass is 10.1. The highest BCUT2D eigenvalue weighted by Crippen LogP contribution is 2.28. The van der Waals surface area contributed by atoms with Crippen molar-refractivity contribution in [3.05, 3.63) is 87.5 Å². The maximum atomic E-state index is 13.7. The van der Waals surface area contributed by atoms with Gasteiger partial charge in [-0.25, -0.2) is 26.7 Å².